The summed E-state index contributed by atoms with van der Waals surface area (Å²) in [6.45, 7) is 2.88. The molecule has 0 radical (unpaired) electrons. The van der Waals surface area contributed by atoms with E-state index in [0.29, 0.717) is 0 Å². The molecule has 2 aromatic heterocycles. The number of nitrogens with zero attached hydrogens (tertiary/aromatic N) is 4. The summed E-state index contributed by atoms with van der Waals surface area (Å²) in [5.41, 5.74) is 2.93. The predicted molar refractivity (Wildman–Crippen MR) is 78.8 cm³/mol. The highest BCUT2D eigenvalue weighted by Crippen LogP contribution is 2.07. The predicted octanol–water partition coefficient (Wildman–Crippen LogP) is 2.48. The number of nitrogens with one attached hydrogen (secondary N) is 1. The van der Waals surface area contributed by atoms with Gasteiger partial charge in [0.25, 0.3) is 0 Å². The molecule has 0 bridgehead atoms. The third-order valence-electron chi connectivity index (χ3n) is 3.14. The Balaban J connectivity index is 1.59. The monoisotopic (exact) mass is 267 g/mol. The van der Waals surface area contributed by atoms with Crippen LogP contribution < -0.4 is 5.32 Å². The minimum Gasteiger partial charge on any atom is -0.385 e. The molecule has 20 heavy (non-hydrogen) atoms. The largest absolute Gasteiger partial charge is 0.385 e. The minimum absolute atomic E-state index is 0.807. The molecular formula is C15H17N5. The van der Waals surface area contributed by atoms with E-state index in [1.165, 1.54) is 0 Å². The zero-order chi connectivity index (χ0) is 13.8. The molecular weight excluding hydrogens is 250 g/mol. The molecule has 3 aromatic rings. The van der Waals surface area contributed by atoms with E-state index in [-0.39, 0.29) is 0 Å². The second kappa shape index (κ2) is 5.69. The first-order valence-electron chi connectivity index (χ1n) is 6.80. The van der Waals surface area contributed by atoms with Crippen molar-refractivity contribution in [2.75, 3.05) is 11.9 Å². The van der Waals surface area contributed by atoms with Gasteiger partial charge >= 0.3 is 0 Å². The van der Waals surface area contributed by atoms with Crippen LogP contribution in [0.4, 0.5) is 5.69 Å². The normalized spacial score (nSPS) is 10.8. The summed E-state index contributed by atoms with van der Waals surface area (Å²) in [6.07, 6.45) is 1.85. The summed E-state index contributed by atoms with van der Waals surface area (Å²) in [5, 5.41) is 16.2. The number of aryl methyl sites for hydroxylation is 2. The van der Waals surface area contributed by atoms with Crippen molar-refractivity contribution >= 4 is 11.3 Å². The Morgan fingerprint density at radius 2 is 1.90 bits per heavy atom. The van der Waals surface area contributed by atoms with Gasteiger partial charge in [-0.25, -0.2) is 0 Å². The molecule has 0 spiro atoms. The lowest BCUT2D eigenvalue weighted by Gasteiger charge is -2.05. The Hall–Kier alpha value is -2.43. The third-order valence-corrected chi connectivity index (χ3v) is 3.14. The van der Waals surface area contributed by atoms with Crippen LogP contribution in [0.1, 0.15) is 17.9 Å². The smallest absolute Gasteiger partial charge is 0.177 e. The highest BCUT2D eigenvalue weighted by Gasteiger charge is 2.06. The minimum atomic E-state index is 0.807. The lowest BCUT2D eigenvalue weighted by Crippen LogP contribution is -2.06. The van der Waals surface area contributed by atoms with E-state index in [4.69, 9.17) is 0 Å². The van der Waals surface area contributed by atoms with Crippen LogP contribution in [0.5, 0.6) is 0 Å². The van der Waals surface area contributed by atoms with Crippen LogP contribution in [0, 0.1) is 6.92 Å². The molecule has 0 amide bonds. The quantitative estimate of drug-likeness (QED) is 0.722. The van der Waals surface area contributed by atoms with Crippen molar-refractivity contribution in [3.63, 3.8) is 0 Å². The first-order valence-corrected chi connectivity index (χ1v) is 6.80. The van der Waals surface area contributed by atoms with Crippen molar-refractivity contribution in [2.45, 2.75) is 19.8 Å². The number of anilines is 1. The summed E-state index contributed by atoms with van der Waals surface area (Å²) >= 11 is 0. The van der Waals surface area contributed by atoms with Gasteiger partial charge in [0, 0.05) is 18.7 Å². The van der Waals surface area contributed by atoms with Crippen LogP contribution >= 0.6 is 0 Å². The molecule has 0 unspecified atom stereocenters. The second-order valence-corrected chi connectivity index (χ2v) is 4.76. The van der Waals surface area contributed by atoms with Gasteiger partial charge in [-0.3, -0.25) is 0 Å². The summed E-state index contributed by atoms with van der Waals surface area (Å²) in [7, 11) is 0. The maximum atomic E-state index is 4.44. The maximum absolute atomic E-state index is 4.44. The Labute approximate surface area is 117 Å². The number of rotatable bonds is 5. The van der Waals surface area contributed by atoms with Gasteiger partial charge in [-0.1, -0.05) is 18.2 Å². The van der Waals surface area contributed by atoms with E-state index >= 15 is 0 Å². The van der Waals surface area contributed by atoms with Gasteiger partial charge in [0.1, 0.15) is 0 Å². The van der Waals surface area contributed by atoms with Gasteiger partial charge in [-0.15, -0.1) is 10.2 Å². The Kier molecular flexibility index (Phi) is 3.58. The Morgan fingerprint density at radius 1 is 1.05 bits per heavy atom. The van der Waals surface area contributed by atoms with E-state index < -0.39 is 0 Å². The Morgan fingerprint density at radius 3 is 2.75 bits per heavy atom. The zero-order valence-electron chi connectivity index (χ0n) is 11.5. The van der Waals surface area contributed by atoms with Gasteiger partial charge in [0.15, 0.2) is 11.5 Å². The molecule has 3 rings (SSSR count). The van der Waals surface area contributed by atoms with Crippen molar-refractivity contribution < 1.29 is 0 Å². The maximum Gasteiger partial charge on any atom is 0.177 e. The highest BCUT2D eigenvalue weighted by molar-refractivity contribution is 5.42. The first-order chi connectivity index (χ1) is 9.83. The van der Waals surface area contributed by atoms with Gasteiger partial charge in [-0.05, 0) is 37.6 Å². The fourth-order valence-corrected chi connectivity index (χ4v) is 2.12. The van der Waals surface area contributed by atoms with E-state index in [1.807, 2.05) is 41.8 Å². The van der Waals surface area contributed by atoms with Crippen molar-refractivity contribution in [3.05, 3.63) is 54.0 Å². The molecule has 0 saturated carbocycles. The third kappa shape index (κ3) is 2.77. The van der Waals surface area contributed by atoms with Gasteiger partial charge in [-0.2, -0.15) is 9.61 Å². The number of aromatic nitrogens is 4. The number of hydrogen-bond acceptors (Lipinski definition) is 4. The van der Waals surface area contributed by atoms with Crippen molar-refractivity contribution in [3.8, 4) is 0 Å². The average Bonchev–Trinajstić information content (AvgIpc) is 2.87. The lowest BCUT2D eigenvalue weighted by atomic mass is 10.2. The fraction of sp³-hybridized carbons (Fsp3) is 0.267. The molecule has 0 atom stereocenters. The van der Waals surface area contributed by atoms with Crippen LogP contribution in [0.25, 0.3) is 5.65 Å². The summed E-state index contributed by atoms with van der Waals surface area (Å²) in [5.74, 6) is 0.915. The van der Waals surface area contributed by atoms with Gasteiger partial charge < -0.3 is 5.32 Å². The van der Waals surface area contributed by atoms with Crippen LogP contribution in [0.2, 0.25) is 0 Å². The van der Waals surface area contributed by atoms with Crippen LogP contribution in [0.15, 0.2) is 42.5 Å². The van der Waals surface area contributed by atoms with Crippen molar-refractivity contribution in [1.29, 1.82) is 0 Å². The van der Waals surface area contributed by atoms with E-state index in [9.17, 15) is 0 Å². The SMILES string of the molecule is Cc1ccc2nnc(CCCNc3ccccc3)n2n1. The Bertz CT molecular complexity index is 690. The van der Waals surface area contributed by atoms with Crippen LogP contribution in [0.3, 0.4) is 0 Å². The first kappa shape index (κ1) is 12.6. The number of para-hydroxylation sites is 1. The number of hydrogen-bond donors (Lipinski definition) is 1. The molecule has 0 aliphatic heterocycles. The summed E-state index contributed by atoms with van der Waals surface area (Å²) in [4.78, 5) is 0. The van der Waals surface area contributed by atoms with E-state index in [2.05, 4.69) is 32.7 Å². The molecule has 2 heterocycles. The zero-order valence-corrected chi connectivity index (χ0v) is 11.5. The molecule has 0 aliphatic rings. The molecule has 0 saturated heterocycles. The lowest BCUT2D eigenvalue weighted by molar-refractivity contribution is 0.745. The van der Waals surface area contributed by atoms with Gasteiger partial charge in [0.05, 0.1) is 5.69 Å². The van der Waals surface area contributed by atoms with Crippen molar-refractivity contribution in [2.24, 2.45) is 0 Å². The summed E-state index contributed by atoms with van der Waals surface area (Å²) in [6, 6.07) is 14.1. The fourth-order valence-electron chi connectivity index (χ4n) is 2.12. The molecule has 0 fully saturated rings. The van der Waals surface area contributed by atoms with E-state index in [1.54, 1.807) is 0 Å². The molecule has 5 nitrogen and oxygen atoms in total. The number of fused-ring (bicyclic) bond motifs is 1. The molecule has 102 valence electrons. The second-order valence-electron chi connectivity index (χ2n) is 4.76. The van der Waals surface area contributed by atoms with Crippen LogP contribution in [-0.2, 0) is 6.42 Å². The molecule has 1 aromatic carbocycles. The van der Waals surface area contributed by atoms with E-state index in [0.717, 1.165) is 42.2 Å². The average molecular weight is 267 g/mol. The topological polar surface area (TPSA) is 55.1 Å². The molecule has 1 N–H and O–H groups in total. The number of benzene rings is 1. The highest BCUT2D eigenvalue weighted by atomic mass is 15.4. The van der Waals surface area contributed by atoms with Crippen molar-refractivity contribution in [1.82, 2.24) is 19.8 Å². The standard InChI is InChI=1S/C15H17N5/c1-12-9-10-15-18-17-14(20(15)19-12)8-5-11-16-13-6-3-2-4-7-13/h2-4,6-7,9-10,16H,5,8,11H2,1H3. The summed E-state index contributed by atoms with van der Waals surface area (Å²) < 4.78 is 1.83. The van der Waals surface area contributed by atoms with Crippen LogP contribution in [-0.4, -0.2) is 26.4 Å². The molecule has 0 aliphatic carbocycles. The molecule has 5 heteroatoms. The van der Waals surface area contributed by atoms with Gasteiger partial charge in [0.2, 0.25) is 0 Å².